The highest BCUT2D eigenvalue weighted by molar-refractivity contribution is 9.10. The quantitative estimate of drug-likeness (QED) is 0.747. The molecule has 0 radical (unpaired) electrons. The second-order valence-electron chi connectivity index (χ2n) is 4.80. The number of benzene rings is 1. The second kappa shape index (κ2) is 5.85. The number of hydrogen-bond acceptors (Lipinski definition) is 4. The molecule has 0 fully saturated rings. The summed E-state index contributed by atoms with van der Waals surface area (Å²) in [5, 5.41) is 4.16. The molecule has 0 bridgehead atoms. The van der Waals surface area contributed by atoms with E-state index in [0.717, 1.165) is 39.8 Å². The Labute approximate surface area is 131 Å². The van der Waals surface area contributed by atoms with E-state index in [9.17, 15) is 0 Å². The maximum absolute atomic E-state index is 5.86. The van der Waals surface area contributed by atoms with Crippen LogP contribution in [0.15, 0.2) is 39.2 Å². The van der Waals surface area contributed by atoms with Gasteiger partial charge in [0.1, 0.15) is 11.4 Å². The van der Waals surface area contributed by atoms with Crippen LogP contribution in [-0.4, -0.2) is 17.0 Å². The molecule has 3 rings (SSSR count). The Bertz CT molecular complexity index is 749. The lowest BCUT2D eigenvalue weighted by Crippen LogP contribution is -2.03. The molecule has 0 aliphatic heterocycles. The van der Waals surface area contributed by atoms with Crippen molar-refractivity contribution < 1.29 is 4.42 Å². The van der Waals surface area contributed by atoms with E-state index in [1.54, 1.807) is 0 Å². The number of fused-ring (bicyclic) bond motifs is 1. The fraction of sp³-hybridized carbons (Fsp3) is 0.250. The predicted molar refractivity (Wildman–Crippen MR) is 88.5 cm³/mol. The monoisotopic (exact) mass is 345 g/mol. The Morgan fingerprint density at radius 1 is 1.24 bits per heavy atom. The third kappa shape index (κ3) is 2.65. The maximum atomic E-state index is 5.86. The van der Waals surface area contributed by atoms with Crippen molar-refractivity contribution in [1.29, 1.82) is 0 Å². The molecule has 108 valence electrons. The minimum Gasteiger partial charge on any atom is -0.453 e. The van der Waals surface area contributed by atoms with Gasteiger partial charge in [-0.25, -0.2) is 9.97 Å². The zero-order valence-corrected chi connectivity index (χ0v) is 13.6. The SMILES string of the molecule is CCCc1nc(-c2cc3ccccc3o2)nc(NC)c1Br. The van der Waals surface area contributed by atoms with E-state index in [1.807, 2.05) is 37.4 Å². The van der Waals surface area contributed by atoms with Crippen LogP contribution in [0.3, 0.4) is 0 Å². The molecule has 0 spiro atoms. The normalized spacial score (nSPS) is 11.0. The fourth-order valence-corrected chi connectivity index (χ4v) is 2.84. The number of para-hydroxylation sites is 1. The van der Waals surface area contributed by atoms with Crippen LogP contribution in [0.5, 0.6) is 0 Å². The predicted octanol–water partition coefficient (Wildman–Crippen LogP) is 4.65. The first-order valence-corrected chi connectivity index (χ1v) is 7.75. The van der Waals surface area contributed by atoms with Crippen LogP contribution < -0.4 is 5.32 Å². The number of aryl methyl sites for hydroxylation is 1. The number of nitrogens with one attached hydrogen (secondary N) is 1. The highest BCUT2D eigenvalue weighted by atomic mass is 79.9. The van der Waals surface area contributed by atoms with Crippen molar-refractivity contribution in [2.45, 2.75) is 19.8 Å². The molecule has 0 saturated heterocycles. The summed E-state index contributed by atoms with van der Waals surface area (Å²) in [6.45, 7) is 2.13. The number of hydrogen-bond donors (Lipinski definition) is 1. The van der Waals surface area contributed by atoms with Crippen LogP contribution >= 0.6 is 15.9 Å². The van der Waals surface area contributed by atoms with Crippen molar-refractivity contribution in [3.05, 3.63) is 40.5 Å². The Kier molecular flexibility index (Phi) is 3.92. The van der Waals surface area contributed by atoms with Gasteiger partial charge in [0.25, 0.3) is 0 Å². The summed E-state index contributed by atoms with van der Waals surface area (Å²) in [5.41, 5.74) is 1.84. The van der Waals surface area contributed by atoms with E-state index in [-0.39, 0.29) is 0 Å². The van der Waals surface area contributed by atoms with Crippen LogP contribution in [0.4, 0.5) is 5.82 Å². The van der Waals surface area contributed by atoms with Gasteiger partial charge in [0.05, 0.1) is 10.2 Å². The number of nitrogens with zero attached hydrogens (tertiary/aromatic N) is 2. The third-order valence-corrected chi connectivity index (χ3v) is 4.12. The molecule has 1 N–H and O–H groups in total. The number of anilines is 1. The van der Waals surface area contributed by atoms with E-state index in [1.165, 1.54) is 0 Å². The van der Waals surface area contributed by atoms with Gasteiger partial charge < -0.3 is 9.73 Å². The average molecular weight is 346 g/mol. The summed E-state index contributed by atoms with van der Waals surface area (Å²) < 4.78 is 6.78. The summed E-state index contributed by atoms with van der Waals surface area (Å²) in [6.07, 6.45) is 1.92. The highest BCUT2D eigenvalue weighted by Gasteiger charge is 2.15. The Morgan fingerprint density at radius 2 is 2.05 bits per heavy atom. The van der Waals surface area contributed by atoms with Gasteiger partial charge in [-0.15, -0.1) is 0 Å². The summed E-state index contributed by atoms with van der Waals surface area (Å²) in [6, 6.07) is 9.90. The first kappa shape index (κ1) is 14.1. The van der Waals surface area contributed by atoms with E-state index >= 15 is 0 Å². The number of aromatic nitrogens is 2. The molecule has 3 aromatic rings. The molecular weight excluding hydrogens is 330 g/mol. The molecule has 21 heavy (non-hydrogen) atoms. The van der Waals surface area contributed by atoms with Crippen LogP contribution in [0.25, 0.3) is 22.6 Å². The standard InChI is InChI=1S/C16H16BrN3O/c1-3-6-11-14(17)16(18-2)20-15(19-11)13-9-10-7-4-5-8-12(10)21-13/h4-5,7-9H,3,6H2,1-2H3,(H,18,19,20). The van der Waals surface area contributed by atoms with Crippen molar-refractivity contribution in [2.24, 2.45) is 0 Å². The Morgan fingerprint density at radius 3 is 2.76 bits per heavy atom. The Hall–Kier alpha value is -1.88. The molecule has 0 aliphatic rings. The van der Waals surface area contributed by atoms with Crippen LogP contribution in [0.2, 0.25) is 0 Å². The lowest BCUT2D eigenvalue weighted by molar-refractivity contribution is 0.624. The van der Waals surface area contributed by atoms with Crippen molar-refractivity contribution in [3.63, 3.8) is 0 Å². The highest BCUT2D eigenvalue weighted by Crippen LogP contribution is 2.30. The second-order valence-corrected chi connectivity index (χ2v) is 5.60. The molecule has 2 aromatic heterocycles. The molecule has 0 aliphatic carbocycles. The van der Waals surface area contributed by atoms with E-state index in [0.29, 0.717) is 11.6 Å². The van der Waals surface area contributed by atoms with Crippen LogP contribution in [0, 0.1) is 0 Å². The largest absolute Gasteiger partial charge is 0.453 e. The number of rotatable bonds is 4. The molecule has 1 aromatic carbocycles. The molecule has 0 amide bonds. The van der Waals surface area contributed by atoms with Crippen LogP contribution in [-0.2, 0) is 6.42 Å². The number of furan rings is 1. The van der Waals surface area contributed by atoms with Crippen molar-refractivity contribution in [3.8, 4) is 11.6 Å². The van der Waals surface area contributed by atoms with Gasteiger partial charge in [-0.05, 0) is 34.5 Å². The van der Waals surface area contributed by atoms with Crippen LogP contribution in [0.1, 0.15) is 19.0 Å². The first-order chi connectivity index (χ1) is 10.2. The first-order valence-electron chi connectivity index (χ1n) is 6.96. The fourth-order valence-electron chi connectivity index (χ4n) is 2.26. The molecule has 0 unspecified atom stereocenters. The summed E-state index contributed by atoms with van der Waals surface area (Å²) in [7, 11) is 1.85. The summed E-state index contributed by atoms with van der Waals surface area (Å²) in [4.78, 5) is 9.18. The van der Waals surface area contributed by atoms with Gasteiger partial charge >= 0.3 is 0 Å². The molecule has 5 heteroatoms. The molecule has 0 saturated carbocycles. The minimum absolute atomic E-state index is 0.613. The zero-order chi connectivity index (χ0) is 14.8. The number of halogens is 1. The summed E-state index contributed by atoms with van der Waals surface area (Å²) >= 11 is 3.57. The zero-order valence-electron chi connectivity index (χ0n) is 12.0. The van der Waals surface area contributed by atoms with Gasteiger partial charge in [0.15, 0.2) is 11.6 Å². The van der Waals surface area contributed by atoms with Gasteiger partial charge in [0, 0.05) is 12.4 Å². The van der Waals surface area contributed by atoms with Crippen molar-refractivity contribution in [1.82, 2.24) is 9.97 Å². The van der Waals surface area contributed by atoms with Gasteiger partial charge in [-0.1, -0.05) is 31.5 Å². The van der Waals surface area contributed by atoms with Crippen molar-refractivity contribution >= 4 is 32.7 Å². The molecule has 0 atom stereocenters. The average Bonchev–Trinajstić information content (AvgIpc) is 2.93. The van der Waals surface area contributed by atoms with Gasteiger partial charge in [-0.3, -0.25) is 0 Å². The maximum Gasteiger partial charge on any atom is 0.197 e. The van der Waals surface area contributed by atoms with Gasteiger partial charge in [0.2, 0.25) is 0 Å². The smallest absolute Gasteiger partial charge is 0.197 e. The Balaban J connectivity index is 2.14. The topological polar surface area (TPSA) is 51.0 Å². The summed E-state index contributed by atoms with van der Waals surface area (Å²) in [5.74, 6) is 2.09. The lowest BCUT2D eigenvalue weighted by atomic mass is 10.2. The lowest BCUT2D eigenvalue weighted by Gasteiger charge is -2.09. The third-order valence-electron chi connectivity index (χ3n) is 3.29. The van der Waals surface area contributed by atoms with E-state index in [2.05, 4.69) is 38.1 Å². The molecule has 2 heterocycles. The molecular formula is C16H16BrN3O. The van der Waals surface area contributed by atoms with E-state index in [4.69, 9.17) is 4.42 Å². The minimum atomic E-state index is 0.613. The van der Waals surface area contributed by atoms with Crippen molar-refractivity contribution in [2.75, 3.05) is 12.4 Å². The van der Waals surface area contributed by atoms with E-state index < -0.39 is 0 Å². The van der Waals surface area contributed by atoms with Gasteiger partial charge in [-0.2, -0.15) is 0 Å². The molecule has 4 nitrogen and oxygen atoms in total.